The van der Waals surface area contributed by atoms with Gasteiger partial charge in [-0.2, -0.15) is 0 Å². The van der Waals surface area contributed by atoms with Crippen molar-refractivity contribution in [1.29, 1.82) is 0 Å². The predicted octanol–water partition coefficient (Wildman–Crippen LogP) is 3.96. The highest BCUT2D eigenvalue weighted by Gasteiger charge is 2.32. The standard InChI is InChI=1S/C18H16N2/c1-2-7-15-13(5-1)11-17(18-8-4-10-20-18)16(15)12-14-6-3-9-19-14/h1-10,12,16-17,20H,11H2/b14-12-. The second kappa shape index (κ2) is 4.64. The molecule has 1 aliphatic carbocycles. The average molecular weight is 260 g/mol. The van der Waals surface area contributed by atoms with Gasteiger partial charge in [-0.15, -0.1) is 0 Å². The zero-order valence-electron chi connectivity index (χ0n) is 11.2. The molecular formula is C18H16N2. The molecule has 0 spiro atoms. The molecular weight excluding hydrogens is 244 g/mol. The fourth-order valence-corrected chi connectivity index (χ4v) is 3.31. The van der Waals surface area contributed by atoms with E-state index in [1.807, 2.05) is 18.5 Å². The smallest absolute Gasteiger partial charge is 0.0596 e. The van der Waals surface area contributed by atoms with Gasteiger partial charge in [0.25, 0.3) is 0 Å². The maximum atomic E-state index is 4.40. The highest BCUT2D eigenvalue weighted by atomic mass is 14.7. The predicted molar refractivity (Wildman–Crippen MR) is 82.1 cm³/mol. The Labute approximate surface area is 118 Å². The third kappa shape index (κ3) is 1.85. The summed E-state index contributed by atoms with van der Waals surface area (Å²) in [6.45, 7) is 0. The number of hydrogen-bond acceptors (Lipinski definition) is 1. The van der Waals surface area contributed by atoms with Crippen LogP contribution in [0.25, 0.3) is 0 Å². The molecule has 0 fully saturated rings. The van der Waals surface area contributed by atoms with Crippen molar-refractivity contribution in [3.63, 3.8) is 0 Å². The van der Waals surface area contributed by atoms with Crippen LogP contribution in [0.3, 0.4) is 0 Å². The highest BCUT2D eigenvalue weighted by Crippen LogP contribution is 2.45. The number of fused-ring (bicyclic) bond motifs is 1. The van der Waals surface area contributed by atoms with E-state index >= 15 is 0 Å². The van der Waals surface area contributed by atoms with Gasteiger partial charge in [0.1, 0.15) is 0 Å². The fourth-order valence-electron chi connectivity index (χ4n) is 3.31. The maximum absolute atomic E-state index is 4.40. The van der Waals surface area contributed by atoms with E-state index in [4.69, 9.17) is 0 Å². The summed E-state index contributed by atoms with van der Waals surface area (Å²) < 4.78 is 0. The van der Waals surface area contributed by atoms with Crippen LogP contribution in [-0.4, -0.2) is 11.2 Å². The minimum atomic E-state index is 0.403. The van der Waals surface area contributed by atoms with Gasteiger partial charge in [-0.3, -0.25) is 4.99 Å². The Balaban J connectivity index is 1.79. The number of nitrogens with one attached hydrogen (secondary N) is 1. The first-order valence-corrected chi connectivity index (χ1v) is 7.05. The van der Waals surface area contributed by atoms with Crippen LogP contribution in [0.1, 0.15) is 28.7 Å². The monoisotopic (exact) mass is 260 g/mol. The SMILES string of the molecule is C1=C/C(=C/C2c3ccccc3CC2c2ccc[nH]2)N=C1. The van der Waals surface area contributed by atoms with E-state index in [-0.39, 0.29) is 0 Å². The number of aliphatic imine (C=N–C) groups is 1. The summed E-state index contributed by atoms with van der Waals surface area (Å²) >= 11 is 0. The van der Waals surface area contributed by atoms with Gasteiger partial charge in [-0.05, 0) is 41.8 Å². The van der Waals surface area contributed by atoms with Crippen LogP contribution in [-0.2, 0) is 6.42 Å². The van der Waals surface area contributed by atoms with E-state index < -0.39 is 0 Å². The summed E-state index contributed by atoms with van der Waals surface area (Å²) in [5.74, 6) is 0.888. The van der Waals surface area contributed by atoms with Crippen LogP contribution in [0.5, 0.6) is 0 Å². The molecule has 0 saturated heterocycles. The molecule has 2 heteroatoms. The van der Waals surface area contributed by atoms with E-state index in [1.165, 1.54) is 16.8 Å². The van der Waals surface area contributed by atoms with Crippen molar-refractivity contribution in [1.82, 2.24) is 4.98 Å². The normalized spacial score (nSPS) is 25.5. The molecule has 1 N–H and O–H groups in total. The van der Waals surface area contributed by atoms with Crippen LogP contribution >= 0.6 is 0 Å². The Morgan fingerprint density at radius 3 is 2.90 bits per heavy atom. The quantitative estimate of drug-likeness (QED) is 0.846. The molecule has 0 bridgehead atoms. The molecule has 1 aromatic carbocycles. The summed E-state index contributed by atoms with van der Waals surface area (Å²) in [6, 6.07) is 13.0. The van der Waals surface area contributed by atoms with Crippen molar-refractivity contribution >= 4 is 6.21 Å². The van der Waals surface area contributed by atoms with Gasteiger partial charge < -0.3 is 4.98 Å². The van der Waals surface area contributed by atoms with E-state index in [9.17, 15) is 0 Å². The lowest BCUT2D eigenvalue weighted by Crippen LogP contribution is -2.05. The maximum Gasteiger partial charge on any atom is 0.0596 e. The van der Waals surface area contributed by atoms with E-state index in [1.54, 1.807) is 0 Å². The first-order chi connectivity index (χ1) is 9.92. The zero-order valence-corrected chi connectivity index (χ0v) is 11.2. The minimum Gasteiger partial charge on any atom is -0.365 e. The summed E-state index contributed by atoms with van der Waals surface area (Å²) in [7, 11) is 0. The largest absolute Gasteiger partial charge is 0.365 e. The Morgan fingerprint density at radius 1 is 1.15 bits per heavy atom. The molecule has 2 aliphatic rings. The number of benzene rings is 1. The first-order valence-electron chi connectivity index (χ1n) is 7.05. The van der Waals surface area contributed by atoms with E-state index in [0.717, 1.165) is 12.1 Å². The topological polar surface area (TPSA) is 28.1 Å². The van der Waals surface area contributed by atoms with Gasteiger partial charge in [0.2, 0.25) is 0 Å². The van der Waals surface area contributed by atoms with Gasteiger partial charge in [0.15, 0.2) is 0 Å². The van der Waals surface area contributed by atoms with E-state index in [0.29, 0.717) is 11.8 Å². The molecule has 2 aromatic rings. The molecule has 1 aromatic heterocycles. The Bertz CT molecular complexity index is 691. The molecule has 2 nitrogen and oxygen atoms in total. The molecule has 0 amide bonds. The molecule has 2 atom stereocenters. The van der Waals surface area contributed by atoms with Gasteiger partial charge >= 0.3 is 0 Å². The summed E-state index contributed by atoms with van der Waals surface area (Å²) in [6.07, 6.45) is 11.3. The lowest BCUT2D eigenvalue weighted by atomic mass is 9.89. The first kappa shape index (κ1) is 11.5. The molecule has 4 rings (SSSR count). The number of aromatic amines is 1. The van der Waals surface area contributed by atoms with Crippen LogP contribution in [0.15, 0.2) is 71.5 Å². The third-order valence-electron chi connectivity index (χ3n) is 4.24. The number of nitrogens with zero attached hydrogens (tertiary/aromatic N) is 1. The zero-order chi connectivity index (χ0) is 13.4. The molecule has 0 radical (unpaired) electrons. The Morgan fingerprint density at radius 2 is 2.10 bits per heavy atom. The van der Waals surface area contributed by atoms with Crippen LogP contribution in [0.4, 0.5) is 0 Å². The summed E-state index contributed by atoms with van der Waals surface area (Å²) in [4.78, 5) is 7.79. The second-order valence-electron chi connectivity index (χ2n) is 5.39. The number of aromatic nitrogens is 1. The van der Waals surface area contributed by atoms with Crippen molar-refractivity contribution < 1.29 is 0 Å². The molecule has 2 heterocycles. The van der Waals surface area contributed by atoms with Crippen molar-refractivity contribution in [2.45, 2.75) is 18.3 Å². The number of allylic oxidation sites excluding steroid dienone is 3. The van der Waals surface area contributed by atoms with Crippen molar-refractivity contribution in [2.24, 2.45) is 4.99 Å². The fraction of sp³-hybridized carbons (Fsp3) is 0.167. The van der Waals surface area contributed by atoms with Gasteiger partial charge in [-0.25, -0.2) is 0 Å². The van der Waals surface area contributed by atoms with Crippen LogP contribution in [0.2, 0.25) is 0 Å². The van der Waals surface area contributed by atoms with Crippen molar-refractivity contribution in [3.05, 3.63) is 83.3 Å². The molecule has 1 aliphatic heterocycles. The summed E-state index contributed by atoms with van der Waals surface area (Å²) in [5.41, 5.74) is 5.28. The molecule has 98 valence electrons. The number of rotatable bonds is 2. The molecule has 20 heavy (non-hydrogen) atoms. The van der Waals surface area contributed by atoms with Gasteiger partial charge in [-0.1, -0.05) is 30.3 Å². The minimum absolute atomic E-state index is 0.403. The van der Waals surface area contributed by atoms with E-state index in [2.05, 4.69) is 58.5 Å². The molecule has 0 saturated carbocycles. The van der Waals surface area contributed by atoms with Gasteiger partial charge in [0.05, 0.1) is 5.70 Å². The van der Waals surface area contributed by atoms with Crippen molar-refractivity contribution in [2.75, 3.05) is 0 Å². The summed E-state index contributed by atoms with van der Waals surface area (Å²) in [5, 5.41) is 0. The highest BCUT2D eigenvalue weighted by molar-refractivity contribution is 5.77. The Hall–Kier alpha value is -2.35. The lowest BCUT2D eigenvalue weighted by Gasteiger charge is -2.16. The molecule has 2 unspecified atom stereocenters. The third-order valence-corrected chi connectivity index (χ3v) is 4.24. The second-order valence-corrected chi connectivity index (χ2v) is 5.39. The number of hydrogen-bond donors (Lipinski definition) is 1. The van der Waals surface area contributed by atoms with Crippen LogP contribution < -0.4 is 0 Å². The van der Waals surface area contributed by atoms with Crippen LogP contribution in [0, 0.1) is 0 Å². The van der Waals surface area contributed by atoms with Crippen molar-refractivity contribution in [3.8, 4) is 0 Å². The Kier molecular flexibility index (Phi) is 2.66. The van der Waals surface area contributed by atoms with Gasteiger partial charge in [0, 0.05) is 29.9 Å². The number of H-pyrrole nitrogens is 1. The average Bonchev–Trinajstić information content (AvgIpc) is 3.19. The lowest BCUT2D eigenvalue weighted by molar-refractivity contribution is 0.654.